The normalized spacial score (nSPS) is 12.4. The third-order valence-electron chi connectivity index (χ3n) is 3.46. The molecular formula is C18H13ClN2O4. The van der Waals surface area contributed by atoms with E-state index in [4.69, 9.17) is 25.8 Å². The molecule has 0 aliphatic carbocycles. The Morgan fingerprint density at radius 1 is 1.32 bits per heavy atom. The van der Waals surface area contributed by atoms with Gasteiger partial charge in [0.1, 0.15) is 11.6 Å². The molecule has 1 N–H and O–H groups in total. The molecule has 0 radical (unpaired) electrons. The first-order valence-electron chi connectivity index (χ1n) is 7.27. The summed E-state index contributed by atoms with van der Waals surface area (Å²) in [6, 6.07) is 11.8. The summed E-state index contributed by atoms with van der Waals surface area (Å²) in [4.78, 5) is 12.3. The van der Waals surface area contributed by atoms with Gasteiger partial charge in [-0.2, -0.15) is 5.26 Å². The number of nitriles is 1. The van der Waals surface area contributed by atoms with Gasteiger partial charge in [0.25, 0.3) is 5.91 Å². The smallest absolute Gasteiger partial charge is 0.266 e. The van der Waals surface area contributed by atoms with Gasteiger partial charge in [-0.3, -0.25) is 4.79 Å². The van der Waals surface area contributed by atoms with E-state index in [1.54, 1.807) is 36.4 Å². The Kier molecular flexibility index (Phi) is 4.78. The number of carbonyl (C=O) groups is 1. The number of methoxy groups -OCH3 is 1. The molecule has 0 saturated carbocycles. The predicted molar refractivity (Wildman–Crippen MR) is 92.8 cm³/mol. The van der Waals surface area contributed by atoms with Crippen LogP contribution in [0.5, 0.6) is 17.2 Å². The van der Waals surface area contributed by atoms with Crippen molar-refractivity contribution in [1.29, 1.82) is 5.26 Å². The number of rotatable bonds is 4. The number of ether oxygens (including phenoxy) is 3. The highest BCUT2D eigenvalue weighted by atomic mass is 35.5. The second-order valence-electron chi connectivity index (χ2n) is 5.09. The molecule has 2 aromatic rings. The van der Waals surface area contributed by atoms with E-state index in [-0.39, 0.29) is 12.4 Å². The molecule has 6 nitrogen and oxygen atoms in total. The maximum atomic E-state index is 12.3. The number of anilines is 1. The van der Waals surface area contributed by atoms with Crippen LogP contribution in [0.2, 0.25) is 5.02 Å². The van der Waals surface area contributed by atoms with Crippen molar-refractivity contribution < 1.29 is 19.0 Å². The fourth-order valence-corrected chi connectivity index (χ4v) is 2.41. The summed E-state index contributed by atoms with van der Waals surface area (Å²) < 4.78 is 15.9. The third kappa shape index (κ3) is 3.67. The van der Waals surface area contributed by atoms with Crippen molar-refractivity contribution in [2.45, 2.75) is 0 Å². The van der Waals surface area contributed by atoms with Crippen molar-refractivity contribution in [2.75, 3.05) is 19.2 Å². The third-order valence-corrected chi connectivity index (χ3v) is 3.71. The number of halogens is 1. The van der Waals surface area contributed by atoms with Crippen LogP contribution in [-0.2, 0) is 4.79 Å². The summed E-state index contributed by atoms with van der Waals surface area (Å²) in [5, 5.41) is 12.5. The standard InChI is InChI=1S/C18H13ClN2O4/c1-23-15-7-11(8-16-17(15)25-10-24-16)6-12(9-20)18(22)21-14-4-2-13(19)3-5-14/h2-8H,10H2,1H3,(H,21,22)/b12-6+. The lowest BCUT2D eigenvalue weighted by atomic mass is 10.1. The number of nitrogens with one attached hydrogen (secondary N) is 1. The lowest BCUT2D eigenvalue weighted by Gasteiger charge is -2.07. The van der Waals surface area contributed by atoms with Gasteiger partial charge in [0.2, 0.25) is 12.5 Å². The van der Waals surface area contributed by atoms with Crippen LogP contribution < -0.4 is 19.5 Å². The van der Waals surface area contributed by atoms with E-state index in [9.17, 15) is 10.1 Å². The van der Waals surface area contributed by atoms with E-state index in [0.717, 1.165) is 0 Å². The van der Waals surface area contributed by atoms with E-state index in [1.165, 1.54) is 13.2 Å². The van der Waals surface area contributed by atoms with Crippen LogP contribution in [-0.4, -0.2) is 19.8 Å². The first-order chi connectivity index (χ1) is 12.1. The average Bonchev–Trinajstić information content (AvgIpc) is 3.09. The van der Waals surface area contributed by atoms with E-state index in [2.05, 4.69) is 5.32 Å². The van der Waals surface area contributed by atoms with Crippen molar-refractivity contribution in [3.8, 4) is 23.3 Å². The van der Waals surface area contributed by atoms with Gasteiger partial charge in [0.15, 0.2) is 11.5 Å². The van der Waals surface area contributed by atoms with Gasteiger partial charge in [-0.15, -0.1) is 0 Å². The largest absolute Gasteiger partial charge is 0.493 e. The van der Waals surface area contributed by atoms with Crippen molar-refractivity contribution in [3.63, 3.8) is 0 Å². The topological polar surface area (TPSA) is 80.6 Å². The van der Waals surface area contributed by atoms with Gasteiger partial charge in [-0.1, -0.05) is 11.6 Å². The van der Waals surface area contributed by atoms with Crippen LogP contribution >= 0.6 is 11.6 Å². The van der Waals surface area contributed by atoms with Crippen LogP contribution in [0.15, 0.2) is 42.0 Å². The van der Waals surface area contributed by atoms with Crippen LogP contribution in [0.4, 0.5) is 5.69 Å². The first kappa shape index (κ1) is 16.7. The molecule has 1 heterocycles. The summed E-state index contributed by atoms with van der Waals surface area (Å²) in [6.07, 6.45) is 1.45. The molecule has 1 amide bonds. The van der Waals surface area contributed by atoms with Crippen LogP contribution in [0.3, 0.4) is 0 Å². The van der Waals surface area contributed by atoms with Crippen LogP contribution in [0.1, 0.15) is 5.56 Å². The number of fused-ring (bicyclic) bond motifs is 1. The van der Waals surface area contributed by atoms with Crippen LogP contribution in [0.25, 0.3) is 6.08 Å². The molecular weight excluding hydrogens is 344 g/mol. The van der Waals surface area contributed by atoms with E-state index in [0.29, 0.717) is 33.5 Å². The van der Waals surface area contributed by atoms with E-state index in [1.807, 2.05) is 6.07 Å². The monoisotopic (exact) mass is 356 g/mol. The summed E-state index contributed by atoms with van der Waals surface area (Å²) >= 11 is 5.81. The summed E-state index contributed by atoms with van der Waals surface area (Å²) in [7, 11) is 1.50. The minimum atomic E-state index is -0.526. The minimum Gasteiger partial charge on any atom is -0.493 e. The maximum Gasteiger partial charge on any atom is 0.266 e. The molecule has 126 valence electrons. The predicted octanol–water partition coefficient (Wildman–Crippen LogP) is 3.62. The molecule has 3 rings (SSSR count). The Hall–Kier alpha value is -3.17. The molecule has 0 bridgehead atoms. The number of carbonyl (C=O) groups excluding carboxylic acids is 1. The zero-order valence-electron chi connectivity index (χ0n) is 13.2. The van der Waals surface area contributed by atoms with Crippen molar-refractivity contribution in [3.05, 3.63) is 52.6 Å². The summed E-state index contributed by atoms with van der Waals surface area (Å²) in [5.74, 6) is 0.947. The second kappa shape index (κ2) is 7.16. The fourth-order valence-electron chi connectivity index (χ4n) is 2.28. The fraction of sp³-hybridized carbons (Fsp3) is 0.111. The Morgan fingerprint density at radius 3 is 2.76 bits per heavy atom. The Morgan fingerprint density at radius 2 is 2.08 bits per heavy atom. The summed E-state index contributed by atoms with van der Waals surface area (Å²) in [5.41, 5.74) is 1.07. The zero-order valence-corrected chi connectivity index (χ0v) is 14.0. The molecule has 0 spiro atoms. The SMILES string of the molecule is COc1cc(/C=C(\C#N)C(=O)Nc2ccc(Cl)cc2)cc2c1OCO2. The number of amides is 1. The van der Waals surface area contributed by atoms with E-state index < -0.39 is 5.91 Å². The molecule has 0 atom stereocenters. The molecule has 0 fully saturated rings. The molecule has 0 unspecified atom stereocenters. The Bertz CT molecular complexity index is 885. The quantitative estimate of drug-likeness (QED) is 0.668. The van der Waals surface area contributed by atoms with Gasteiger partial charge in [-0.05, 0) is 48.0 Å². The molecule has 0 saturated heterocycles. The van der Waals surface area contributed by atoms with Gasteiger partial charge < -0.3 is 19.5 Å². The van der Waals surface area contributed by atoms with Crippen molar-refractivity contribution in [1.82, 2.24) is 0 Å². The highest BCUT2D eigenvalue weighted by Crippen LogP contribution is 2.42. The molecule has 1 aliphatic heterocycles. The van der Waals surface area contributed by atoms with E-state index >= 15 is 0 Å². The molecule has 0 aromatic heterocycles. The lowest BCUT2D eigenvalue weighted by Crippen LogP contribution is -2.13. The molecule has 25 heavy (non-hydrogen) atoms. The van der Waals surface area contributed by atoms with Gasteiger partial charge in [-0.25, -0.2) is 0 Å². The lowest BCUT2D eigenvalue weighted by molar-refractivity contribution is -0.112. The number of benzene rings is 2. The van der Waals surface area contributed by atoms with Crippen LogP contribution in [0, 0.1) is 11.3 Å². The number of nitrogens with zero attached hydrogens (tertiary/aromatic N) is 1. The second-order valence-corrected chi connectivity index (χ2v) is 5.52. The minimum absolute atomic E-state index is 0.0594. The Balaban J connectivity index is 1.86. The number of hydrogen-bond donors (Lipinski definition) is 1. The van der Waals surface area contributed by atoms with Crippen molar-refractivity contribution >= 4 is 29.3 Å². The summed E-state index contributed by atoms with van der Waals surface area (Å²) in [6.45, 7) is 0.0982. The van der Waals surface area contributed by atoms with Gasteiger partial charge in [0, 0.05) is 10.7 Å². The Labute approximate surface area is 149 Å². The maximum absolute atomic E-state index is 12.3. The van der Waals surface area contributed by atoms with Gasteiger partial charge >= 0.3 is 0 Å². The molecule has 7 heteroatoms. The van der Waals surface area contributed by atoms with Crippen molar-refractivity contribution in [2.24, 2.45) is 0 Å². The highest BCUT2D eigenvalue weighted by molar-refractivity contribution is 6.30. The molecule has 2 aromatic carbocycles. The average molecular weight is 357 g/mol. The first-order valence-corrected chi connectivity index (χ1v) is 7.65. The highest BCUT2D eigenvalue weighted by Gasteiger charge is 2.20. The zero-order chi connectivity index (χ0) is 17.8. The number of hydrogen-bond acceptors (Lipinski definition) is 5. The molecule has 1 aliphatic rings. The van der Waals surface area contributed by atoms with Gasteiger partial charge in [0.05, 0.1) is 7.11 Å².